The molecule has 1 unspecified atom stereocenters. The first-order valence-electron chi connectivity index (χ1n) is 3.91. The Kier molecular flexibility index (Phi) is 1.81. The van der Waals surface area contributed by atoms with E-state index in [2.05, 4.69) is 37.9 Å². The molecular formula is C8H9Br2N. The summed E-state index contributed by atoms with van der Waals surface area (Å²) in [5.41, 5.74) is 0. The Labute approximate surface area is 83.4 Å². The van der Waals surface area contributed by atoms with Crippen molar-refractivity contribution in [1.29, 1.82) is 5.26 Å². The zero-order valence-corrected chi connectivity index (χ0v) is 9.23. The lowest BCUT2D eigenvalue weighted by Crippen LogP contribution is -2.04. The Morgan fingerprint density at radius 1 is 1.36 bits per heavy atom. The van der Waals surface area contributed by atoms with Crippen molar-refractivity contribution >= 4 is 31.9 Å². The lowest BCUT2D eigenvalue weighted by Gasteiger charge is -2.10. The summed E-state index contributed by atoms with van der Waals surface area (Å²) in [4.78, 5) is 0. The van der Waals surface area contributed by atoms with Crippen LogP contribution >= 0.6 is 31.9 Å². The summed E-state index contributed by atoms with van der Waals surface area (Å²) in [6.45, 7) is 0. The van der Waals surface area contributed by atoms with Crippen molar-refractivity contribution in [3.8, 4) is 6.07 Å². The van der Waals surface area contributed by atoms with Crippen LogP contribution in [0.25, 0.3) is 0 Å². The van der Waals surface area contributed by atoms with E-state index in [-0.39, 0.29) is 3.23 Å². The molecule has 0 saturated heterocycles. The molecule has 2 aliphatic carbocycles. The summed E-state index contributed by atoms with van der Waals surface area (Å²) >= 11 is 7.28. The minimum atomic E-state index is 0.256. The summed E-state index contributed by atoms with van der Waals surface area (Å²) in [6.07, 6.45) is 3.21. The molecule has 0 heterocycles. The lowest BCUT2D eigenvalue weighted by molar-refractivity contribution is 0.498. The van der Waals surface area contributed by atoms with Gasteiger partial charge in [-0.15, -0.1) is 0 Å². The second-order valence-corrected chi connectivity index (χ2v) is 7.28. The number of rotatable bonds is 1. The van der Waals surface area contributed by atoms with Crippen LogP contribution in [0, 0.1) is 29.1 Å². The van der Waals surface area contributed by atoms with Gasteiger partial charge >= 0.3 is 0 Å². The van der Waals surface area contributed by atoms with Crippen LogP contribution in [-0.4, -0.2) is 3.23 Å². The molecule has 2 saturated carbocycles. The van der Waals surface area contributed by atoms with Gasteiger partial charge in [0.05, 0.1) is 9.30 Å². The highest BCUT2D eigenvalue weighted by Gasteiger charge is 2.65. The molecule has 2 aliphatic rings. The molecule has 2 rings (SSSR count). The summed E-state index contributed by atoms with van der Waals surface area (Å²) in [5.74, 6) is 2.26. The molecule has 0 aromatic rings. The fourth-order valence-corrected chi connectivity index (χ4v) is 3.97. The van der Waals surface area contributed by atoms with E-state index < -0.39 is 0 Å². The van der Waals surface area contributed by atoms with Gasteiger partial charge in [0.15, 0.2) is 0 Å². The zero-order chi connectivity index (χ0) is 8.06. The second-order valence-electron chi connectivity index (χ2n) is 3.59. The van der Waals surface area contributed by atoms with E-state index in [1.807, 2.05) is 0 Å². The predicted octanol–water partition coefficient (Wildman–Crippen LogP) is 3.04. The number of alkyl halides is 2. The highest BCUT2D eigenvalue weighted by atomic mass is 79.9. The molecule has 0 N–H and O–H groups in total. The van der Waals surface area contributed by atoms with Gasteiger partial charge in [0.25, 0.3) is 0 Å². The van der Waals surface area contributed by atoms with Crippen molar-refractivity contribution in [2.75, 3.05) is 0 Å². The molecule has 0 aromatic carbocycles. The smallest absolute Gasteiger partial charge is 0.0868 e. The van der Waals surface area contributed by atoms with Gasteiger partial charge in [0, 0.05) is 6.42 Å². The van der Waals surface area contributed by atoms with Crippen LogP contribution in [0.1, 0.15) is 19.3 Å². The molecule has 0 spiro atoms. The van der Waals surface area contributed by atoms with Gasteiger partial charge in [-0.05, 0) is 30.6 Å². The predicted molar refractivity (Wildman–Crippen MR) is 50.5 cm³/mol. The highest BCUT2D eigenvalue weighted by Crippen LogP contribution is 2.70. The standard InChI is InChI=1S/C8H9Br2N/c9-8(10)6-3-5(1-2-11)4-7(6)8/h5-7H,1,3-4H2/t5?,6-,7+. The summed E-state index contributed by atoms with van der Waals surface area (Å²) in [7, 11) is 0. The minimum Gasteiger partial charge on any atom is -0.198 e. The number of hydrogen-bond donors (Lipinski definition) is 0. The average Bonchev–Trinajstić information content (AvgIpc) is 2.37. The summed E-state index contributed by atoms with van der Waals surface area (Å²) < 4.78 is 0.256. The Bertz CT molecular complexity index is 205. The number of nitriles is 1. The molecule has 3 heteroatoms. The third kappa shape index (κ3) is 1.15. The van der Waals surface area contributed by atoms with Gasteiger partial charge in [-0.25, -0.2) is 0 Å². The van der Waals surface area contributed by atoms with Crippen LogP contribution in [-0.2, 0) is 0 Å². The van der Waals surface area contributed by atoms with Crippen LogP contribution in [0.4, 0.5) is 0 Å². The van der Waals surface area contributed by atoms with Crippen molar-refractivity contribution in [3.05, 3.63) is 0 Å². The Morgan fingerprint density at radius 3 is 2.36 bits per heavy atom. The largest absolute Gasteiger partial charge is 0.198 e. The van der Waals surface area contributed by atoms with E-state index in [9.17, 15) is 0 Å². The van der Waals surface area contributed by atoms with Gasteiger partial charge in [0.2, 0.25) is 0 Å². The maximum Gasteiger partial charge on any atom is 0.0868 e. The van der Waals surface area contributed by atoms with Crippen LogP contribution < -0.4 is 0 Å². The molecule has 60 valence electrons. The van der Waals surface area contributed by atoms with Gasteiger partial charge in [0.1, 0.15) is 0 Å². The SMILES string of the molecule is N#CCC1C[C@@H]2[C@H](C1)C2(Br)Br. The number of hydrogen-bond acceptors (Lipinski definition) is 1. The molecular weight excluding hydrogens is 270 g/mol. The zero-order valence-electron chi connectivity index (χ0n) is 6.06. The molecule has 0 bridgehead atoms. The van der Waals surface area contributed by atoms with Crippen LogP contribution in [0.3, 0.4) is 0 Å². The normalized spacial score (nSPS) is 44.6. The minimum absolute atomic E-state index is 0.256. The van der Waals surface area contributed by atoms with Crippen LogP contribution in [0.5, 0.6) is 0 Å². The molecule has 3 atom stereocenters. The van der Waals surface area contributed by atoms with Crippen LogP contribution in [0.2, 0.25) is 0 Å². The molecule has 0 aromatic heterocycles. The van der Waals surface area contributed by atoms with Crippen molar-refractivity contribution < 1.29 is 0 Å². The number of nitrogens with zero attached hydrogens (tertiary/aromatic N) is 1. The van der Waals surface area contributed by atoms with Crippen molar-refractivity contribution in [1.82, 2.24) is 0 Å². The monoisotopic (exact) mass is 277 g/mol. The summed E-state index contributed by atoms with van der Waals surface area (Å²) in [5, 5.41) is 8.48. The topological polar surface area (TPSA) is 23.8 Å². The highest BCUT2D eigenvalue weighted by molar-refractivity contribution is 9.25. The summed E-state index contributed by atoms with van der Waals surface area (Å²) in [6, 6.07) is 2.25. The van der Waals surface area contributed by atoms with Gasteiger partial charge < -0.3 is 0 Å². The second kappa shape index (κ2) is 2.47. The third-order valence-corrected chi connectivity index (χ3v) is 5.27. The van der Waals surface area contributed by atoms with Crippen molar-refractivity contribution in [2.24, 2.45) is 17.8 Å². The van der Waals surface area contributed by atoms with Crippen molar-refractivity contribution in [3.63, 3.8) is 0 Å². The number of fused-ring (bicyclic) bond motifs is 1. The fraction of sp³-hybridized carbons (Fsp3) is 0.875. The van der Waals surface area contributed by atoms with E-state index >= 15 is 0 Å². The molecule has 0 amide bonds. The van der Waals surface area contributed by atoms with E-state index in [1.165, 1.54) is 12.8 Å². The van der Waals surface area contributed by atoms with Crippen molar-refractivity contribution in [2.45, 2.75) is 22.5 Å². The first-order valence-corrected chi connectivity index (χ1v) is 5.49. The molecule has 11 heavy (non-hydrogen) atoms. The first kappa shape index (κ1) is 8.07. The Balaban J connectivity index is 1.91. The Hall–Kier alpha value is 0.450. The maximum absolute atomic E-state index is 8.48. The van der Waals surface area contributed by atoms with Gasteiger partial charge in [-0.3, -0.25) is 0 Å². The van der Waals surface area contributed by atoms with Crippen LogP contribution in [0.15, 0.2) is 0 Å². The molecule has 0 radical (unpaired) electrons. The van der Waals surface area contributed by atoms with E-state index in [1.54, 1.807) is 0 Å². The Morgan fingerprint density at radius 2 is 1.91 bits per heavy atom. The van der Waals surface area contributed by atoms with E-state index in [0.29, 0.717) is 5.92 Å². The lowest BCUT2D eigenvalue weighted by atomic mass is 10.0. The van der Waals surface area contributed by atoms with E-state index in [0.717, 1.165) is 18.3 Å². The van der Waals surface area contributed by atoms with Gasteiger partial charge in [-0.1, -0.05) is 31.9 Å². The molecule has 2 fully saturated rings. The fourth-order valence-electron chi connectivity index (χ4n) is 2.21. The third-order valence-electron chi connectivity index (χ3n) is 2.92. The molecule has 1 nitrogen and oxygen atoms in total. The maximum atomic E-state index is 8.48. The molecule has 0 aliphatic heterocycles. The first-order chi connectivity index (χ1) is 5.16. The number of halogens is 2. The quantitative estimate of drug-likeness (QED) is 0.677. The van der Waals surface area contributed by atoms with E-state index in [4.69, 9.17) is 5.26 Å². The average molecular weight is 279 g/mol. The van der Waals surface area contributed by atoms with Gasteiger partial charge in [-0.2, -0.15) is 5.26 Å².